The summed E-state index contributed by atoms with van der Waals surface area (Å²) in [4.78, 5) is 0. The molecule has 0 aliphatic heterocycles. The van der Waals surface area contributed by atoms with Crippen LogP contribution in [0.4, 0.5) is 8.78 Å². The van der Waals surface area contributed by atoms with Crippen LogP contribution in [0.1, 0.15) is 11.7 Å². The van der Waals surface area contributed by atoms with Crippen LogP contribution in [0.3, 0.4) is 0 Å². The Morgan fingerprint density at radius 1 is 1.67 bits per heavy atom. The number of halogens is 3. The van der Waals surface area contributed by atoms with E-state index in [2.05, 4.69) is 5.10 Å². The lowest BCUT2D eigenvalue weighted by Crippen LogP contribution is -2.22. The average molecular weight is 196 g/mol. The highest BCUT2D eigenvalue weighted by atomic mass is 35.5. The van der Waals surface area contributed by atoms with Gasteiger partial charge in [-0.1, -0.05) is 11.6 Å². The van der Waals surface area contributed by atoms with Crippen molar-refractivity contribution in [3.63, 3.8) is 0 Å². The van der Waals surface area contributed by atoms with Gasteiger partial charge in [-0.2, -0.15) is 5.10 Å². The zero-order valence-corrected chi connectivity index (χ0v) is 7.09. The summed E-state index contributed by atoms with van der Waals surface area (Å²) >= 11 is 5.59. The van der Waals surface area contributed by atoms with Gasteiger partial charge >= 0.3 is 0 Å². The molecule has 0 aromatic carbocycles. The fraction of sp³-hybridized carbons (Fsp3) is 0.500. The van der Waals surface area contributed by atoms with Crippen LogP contribution in [0.25, 0.3) is 0 Å². The SMILES string of the molecule is Cn1ncc(Cl)c1C(N)C(F)F. The Morgan fingerprint density at radius 2 is 2.25 bits per heavy atom. The first-order chi connectivity index (χ1) is 5.54. The number of aromatic nitrogens is 2. The molecule has 0 aliphatic carbocycles. The molecule has 3 nitrogen and oxygen atoms in total. The van der Waals surface area contributed by atoms with Crippen LogP contribution in [0.5, 0.6) is 0 Å². The molecule has 1 atom stereocenters. The van der Waals surface area contributed by atoms with Crippen molar-refractivity contribution in [2.24, 2.45) is 12.8 Å². The molecule has 1 heterocycles. The van der Waals surface area contributed by atoms with Crippen molar-refractivity contribution in [3.8, 4) is 0 Å². The minimum Gasteiger partial charge on any atom is -0.318 e. The Labute approximate surface area is 73.1 Å². The Bertz CT molecular complexity index is 254. The van der Waals surface area contributed by atoms with Crippen molar-refractivity contribution >= 4 is 11.6 Å². The Hall–Kier alpha value is -0.680. The van der Waals surface area contributed by atoms with E-state index >= 15 is 0 Å². The molecule has 0 saturated heterocycles. The van der Waals surface area contributed by atoms with E-state index in [4.69, 9.17) is 17.3 Å². The van der Waals surface area contributed by atoms with Gasteiger partial charge in [-0.3, -0.25) is 4.68 Å². The van der Waals surface area contributed by atoms with Crippen molar-refractivity contribution < 1.29 is 8.78 Å². The molecule has 1 unspecified atom stereocenters. The molecule has 0 fully saturated rings. The summed E-state index contributed by atoms with van der Waals surface area (Å²) < 4.78 is 25.5. The summed E-state index contributed by atoms with van der Waals surface area (Å²) in [6.45, 7) is 0. The summed E-state index contributed by atoms with van der Waals surface area (Å²) in [6.07, 6.45) is -1.34. The number of alkyl halides is 2. The zero-order chi connectivity index (χ0) is 9.30. The summed E-state index contributed by atoms with van der Waals surface area (Å²) in [5.74, 6) is 0. The molecule has 0 bridgehead atoms. The van der Waals surface area contributed by atoms with Crippen LogP contribution in [-0.4, -0.2) is 16.2 Å². The molecule has 1 aromatic heterocycles. The molecule has 0 saturated carbocycles. The number of aryl methyl sites for hydroxylation is 1. The van der Waals surface area contributed by atoms with E-state index in [1.165, 1.54) is 17.9 Å². The molecule has 6 heteroatoms. The molecule has 12 heavy (non-hydrogen) atoms. The lowest BCUT2D eigenvalue weighted by atomic mass is 10.2. The highest BCUT2D eigenvalue weighted by Crippen LogP contribution is 2.24. The van der Waals surface area contributed by atoms with Gasteiger partial charge in [0.2, 0.25) is 0 Å². The van der Waals surface area contributed by atoms with Crippen molar-refractivity contribution in [3.05, 3.63) is 16.9 Å². The van der Waals surface area contributed by atoms with Crippen LogP contribution < -0.4 is 5.73 Å². The third kappa shape index (κ3) is 1.56. The van der Waals surface area contributed by atoms with E-state index < -0.39 is 12.5 Å². The van der Waals surface area contributed by atoms with E-state index in [1.54, 1.807) is 0 Å². The normalized spacial score (nSPS) is 13.8. The van der Waals surface area contributed by atoms with Crippen molar-refractivity contribution in [2.45, 2.75) is 12.5 Å². The number of hydrogen-bond acceptors (Lipinski definition) is 2. The van der Waals surface area contributed by atoms with E-state index in [9.17, 15) is 8.78 Å². The average Bonchev–Trinajstić information content (AvgIpc) is 2.30. The Balaban J connectivity index is 3.00. The van der Waals surface area contributed by atoms with Crippen molar-refractivity contribution in [1.82, 2.24) is 9.78 Å². The molecule has 0 amide bonds. The minimum atomic E-state index is -2.63. The van der Waals surface area contributed by atoms with Crippen LogP contribution in [0, 0.1) is 0 Å². The molecule has 0 radical (unpaired) electrons. The van der Waals surface area contributed by atoms with Crippen LogP contribution >= 0.6 is 11.6 Å². The number of nitrogens with two attached hydrogens (primary N) is 1. The predicted octanol–water partition coefficient (Wildman–Crippen LogP) is 1.34. The summed E-state index contributed by atoms with van der Waals surface area (Å²) in [7, 11) is 1.52. The van der Waals surface area contributed by atoms with Crippen molar-refractivity contribution in [2.75, 3.05) is 0 Å². The predicted molar refractivity (Wildman–Crippen MR) is 41.2 cm³/mol. The highest BCUT2D eigenvalue weighted by molar-refractivity contribution is 6.31. The first kappa shape index (κ1) is 9.41. The lowest BCUT2D eigenvalue weighted by molar-refractivity contribution is 0.113. The topological polar surface area (TPSA) is 43.8 Å². The van der Waals surface area contributed by atoms with E-state index in [-0.39, 0.29) is 10.7 Å². The molecular formula is C6H8ClF2N3. The van der Waals surface area contributed by atoms with Gasteiger partial charge in [0.05, 0.1) is 16.9 Å². The largest absolute Gasteiger partial charge is 0.318 e. The van der Waals surface area contributed by atoms with Gasteiger partial charge in [-0.05, 0) is 0 Å². The number of hydrogen-bond donors (Lipinski definition) is 1. The quantitative estimate of drug-likeness (QED) is 0.774. The maximum absolute atomic E-state index is 12.1. The van der Waals surface area contributed by atoms with Gasteiger partial charge in [0.1, 0.15) is 6.04 Å². The number of rotatable bonds is 2. The van der Waals surface area contributed by atoms with E-state index in [0.717, 1.165) is 0 Å². The molecule has 1 aromatic rings. The molecule has 1 rings (SSSR count). The highest BCUT2D eigenvalue weighted by Gasteiger charge is 2.23. The summed E-state index contributed by atoms with van der Waals surface area (Å²) in [6, 6.07) is -1.37. The van der Waals surface area contributed by atoms with Crippen LogP contribution in [-0.2, 0) is 7.05 Å². The Morgan fingerprint density at radius 3 is 2.58 bits per heavy atom. The van der Waals surface area contributed by atoms with E-state index in [1.807, 2.05) is 0 Å². The smallest absolute Gasteiger partial charge is 0.259 e. The molecule has 0 spiro atoms. The van der Waals surface area contributed by atoms with Crippen LogP contribution in [0.2, 0.25) is 5.02 Å². The van der Waals surface area contributed by atoms with Gasteiger partial charge < -0.3 is 5.73 Å². The monoisotopic (exact) mass is 195 g/mol. The maximum Gasteiger partial charge on any atom is 0.259 e. The van der Waals surface area contributed by atoms with Gasteiger partial charge in [0, 0.05) is 7.05 Å². The maximum atomic E-state index is 12.1. The lowest BCUT2D eigenvalue weighted by Gasteiger charge is -2.10. The van der Waals surface area contributed by atoms with Crippen molar-refractivity contribution in [1.29, 1.82) is 0 Å². The summed E-state index contributed by atoms with van der Waals surface area (Å²) in [5, 5.41) is 3.86. The standard InChI is InChI=1S/C6H8ClF2N3/c1-12-5(3(7)2-11-12)4(10)6(8)9/h2,4,6H,10H2,1H3. The third-order valence-electron chi connectivity index (χ3n) is 1.52. The van der Waals surface area contributed by atoms with Crippen LogP contribution in [0.15, 0.2) is 6.20 Å². The number of nitrogens with zero attached hydrogens (tertiary/aromatic N) is 2. The van der Waals surface area contributed by atoms with Gasteiger partial charge in [0.15, 0.2) is 0 Å². The fourth-order valence-electron chi connectivity index (χ4n) is 0.914. The second-order valence-corrected chi connectivity index (χ2v) is 2.77. The second-order valence-electron chi connectivity index (χ2n) is 2.36. The summed E-state index contributed by atoms with van der Waals surface area (Å²) in [5.41, 5.74) is 5.35. The molecular weight excluding hydrogens is 188 g/mol. The minimum absolute atomic E-state index is 0.159. The van der Waals surface area contributed by atoms with Gasteiger partial charge in [0.25, 0.3) is 6.43 Å². The third-order valence-corrected chi connectivity index (χ3v) is 1.82. The van der Waals surface area contributed by atoms with Gasteiger partial charge in [-0.25, -0.2) is 8.78 Å². The first-order valence-electron chi connectivity index (χ1n) is 3.25. The zero-order valence-electron chi connectivity index (χ0n) is 6.34. The first-order valence-corrected chi connectivity index (χ1v) is 3.63. The van der Waals surface area contributed by atoms with Gasteiger partial charge in [-0.15, -0.1) is 0 Å². The molecule has 0 aliphatic rings. The molecule has 2 N–H and O–H groups in total. The Kier molecular flexibility index (Phi) is 2.64. The van der Waals surface area contributed by atoms with E-state index in [0.29, 0.717) is 0 Å². The second kappa shape index (κ2) is 3.37. The fourth-order valence-corrected chi connectivity index (χ4v) is 1.21. The molecule has 68 valence electrons.